The molecule has 2 N–H and O–H groups in total. The molecule has 0 fully saturated rings. The molecule has 28 heavy (non-hydrogen) atoms. The second-order valence-corrected chi connectivity index (χ2v) is 6.69. The number of amides is 2. The molecule has 2 aromatic rings. The quantitative estimate of drug-likeness (QED) is 0.651. The van der Waals surface area contributed by atoms with Crippen LogP contribution < -0.4 is 24.8 Å². The van der Waals surface area contributed by atoms with Crippen molar-refractivity contribution in [3.8, 4) is 17.2 Å². The molecule has 0 spiro atoms. The van der Waals surface area contributed by atoms with E-state index < -0.39 is 0 Å². The lowest BCUT2D eigenvalue weighted by molar-refractivity contribution is 0.232. The lowest BCUT2D eigenvalue weighted by Gasteiger charge is -2.17. The summed E-state index contributed by atoms with van der Waals surface area (Å²) in [6.45, 7) is 1.70. The fraction of sp³-hybridized carbons (Fsp3) is 0.409. The summed E-state index contributed by atoms with van der Waals surface area (Å²) >= 11 is 0. The molecule has 6 nitrogen and oxygen atoms in total. The van der Waals surface area contributed by atoms with Crippen LogP contribution in [0.2, 0.25) is 0 Å². The van der Waals surface area contributed by atoms with Gasteiger partial charge in [0.15, 0.2) is 0 Å². The first-order valence-corrected chi connectivity index (χ1v) is 9.78. The standard InChI is InChI=1S/C22H28N2O4/c1-26-19-8-10-20(11-9-19)27-14-12-23-22(25)24-13-15-28-21-7-6-17-4-2-3-5-18(17)16-21/h6-11,16H,2-5,12-15H2,1H3,(H2,23,24,25). The lowest BCUT2D eigenvalue weighted by atomic mass is 9.92. The van der Waals surface area contributed by atoms with Crippen molar-refractivity contribution in [1.82, 2.24) is 10.6 Å². The van der Waals surface area contributed by atoms with Gasteiger partial charge in [-0.3, -0.25) is 0 Å². The third-order valence-electron chi connectivity index (χ3n) is 4.69. The van der Waals surface area contributed by atoms with Crippen molar-refractivity contribution in [1.29, 1.82) is 0 Å². The Morgan fingerprint density at radius 3 is 2.07 bits per heavy atom. The Morgan fingerprint density at radius 1 is 0.821 bits per heavy atom. The molecule has 150 valence electrons. The first-order chi connectivity index (χ1) is 13.7. The van der Waals surface area contributed by atoms with Gasteiger partial charge in [-0.15, -0.1) is 0 Å². The predicted octanol–water partition coefficient (Wildman–Crippen LogP) is 3.33. The Morgan fingerprint density at radius 2 is 1.39 bits per heavy atom. The second kappa shape index (κ2) is 10.4. The zero-order valence-corrected chi connectivity index (χ0v) is 16.3. The second-order valence-electron chi connectivity index (χ2n) is 6.69. The molecule has 0 radical (unpaired) electrons. The van der Waals surface area contributed by atoms with Crippen molar-refractivity contribution in [3.63, 3.8) is 0 Å². The lowest BCUT2D eigenvalue weighted by Crippen LogP contribution is -2.39. The van der Waals surface area contributed by atoms with Crippen LogP contribution in [0.4, 0.5) is 4.79 Å². The molecule has 0 atom stereocenters. The number of rotatable bonds is 9. The van der Waals surface area contributed by atoms with Gasteiger partial charge in [-0.05, 0) is 73.2 Å². The van der Waals surface area contributed by atoms with E-state index in [2.05, 4.69) is 22.8 Å². The zero-order chi connectivity index (χ0) is 19.6. The molecular formula is C22H28N2O4. The summed E-state index contributed by atoms with van der Waals surface area (Å²) in [5.41, 5.74) is 2.83. The fourth-order valence-electron chi connectivity index (χ4n) is 3.20. The minimum atomic E-state index is -0.229. The van der Waals surface area contributed by atoms with Crippen LogP contribution in [0.1, 0.15) is 24.0 Å². The first kappa shape index (κ1) is 19.9. The number of carbonyl (C=O) groups excluding carboxylic acids is 1. The molecular weight excluding hydrogens is 356 g/mol. The molecule has 1 aliphatic carbocycles. The maximum Gasteiger partial charge on any atom is 0.315 e. The van der Waals surface area contributed by atoms with E-state index in [0.29, 0.717) is 26.3 Å². The van der Waals surface area contributed by atoms with Gasteiger partial charge in [0.2, 0.25) is 0 Å². The van der Waals surface area contributed by atoms with E-state index in [1.54, 1.807) is 7.11 Å². The number of hydrogen-bond donors (Lipinski definition) is 2. The summed E-state index contributed by atoms with van der Waals surface area (Å²) in [6, 6.07) is 13.4. The monoisotopic (exact) mass is 384 g/mol. The molecule has 2 aromatic carbocycles. The summed E-state index contributed by atoms with van der Waals surface area (Å²) in [7, 11) is 1.62. The molecule has 0 heterocycles. The SMILES string of the molecule is COc1ccc(OCCNC(=O)NCCOc2ccc3c(c2)CCCC3)cc1. The third-order valence-corrected chi connectivity index (χ3v) is 4.69. The molecule has 0 saturated heterocycles. The van der Waals surface area contributed by atoms with E-state index in [4.69, 9.17) is 14.2 Å². The van der Waals surface area contributed by atoms with E-state index in [1.807, 2.05) is 30.3 Å². The minimum absolute atomic E-state index is 0.229. The molecule has 0 saturated carbocycles. The predicted molar refractivity (Wildman–Crippen MR) is 108 cm³/mol. The van der Waals surface area contributed by atoms with E-state index in [0.717, 1.165) is 23.7 Å². The van der Waals surface area contributed by atoms with Crippen LogP contribution in [0.15, 0.2) is 42.5 Å². The Bertz CT molecular complexity index is 762. The molecule has 2 amide bonds. The van der Waals surface area contributed by atoms with Gasteiger partial charge >= 0.3 is 6.03 Å². The number of benzene rings is 2. The van der Waals surface area contributed by atoms with Crippen molar-refractivity contribution in [3.05, 3.63) is 53.6 Å². The molecule has 6 heteroatoms. The average Bonchev–Trinajstić information content (AvgIpc) is 2.74. The number of ether oxygens (including phenoxy) is 3. The topological polar surface area (TPSA) is 68.8 Å². The summed E-state index contributed by atoms with van der Waals surface area (Å²) in [4.78, 5) is 11.8. The number of aryl methyl sites for hydroxylation is 2. The van der Waals surface area contributed by atoms with Gasteiger partial charge in [0.05, 0.1) is 20.2 Å². The molecule has 1 aliphatic rings. The van der Waals surface area contributed by atoms with Gasteiger partial charge in [-0.2, -0.15) is 0 Å². The number of hydrogen-bond acceptors (Lipinski definition) is 4. The Balaban J connectivity index is 1.26. The minimum Gasteiger partial charge on any atom is -0.497 e. The summed E-state index contributed by atoms with van der Waals surface area (Å²) in [5, 5.41) is 5.54. The molecule has 0 aromatic heterocycles. The molecule has 3 rings (SSSR count). The highest BCUT2D eigenvalue weighted by molar-refractivity contribution is 5.73. The van der Waals surface area contributed by atoms with Gasteiger partial charge in [0, 0.05) is 0 Å². The highest BCUT2D eigenvalue weighted by atomic mass is 16.5. The van der Waals surface area contributed by atoms with Gasteiger partial charge in [0.25, 0.3) is 0 Å². The molecule has 0 unspecified atom stereocenters. The number of fused-ring (bicyclic) bond motifs is 1. The highest BCUT2D eigenvalue weighted by Crippen LogP contribution is 2.25. The highest BCUT2D eigenvalue weighted by Gasteiger charge is 2.09. The van der Waals surface area contributed by atoms with E-state index >= 15 is 0 Å². The Labute approximate surface area is 166 Å². The number of nitrogens with one attached hydrogen (secondary N) is 2. The van der Waals surface area contributed by atoms with Crippen LogP contribution in [0.3, 0.4) is 0 Å². The van der Waals surface area contributed by atoms with Gasteiger partial charge in [-0.1, -0.05) is 6.07 Å². The van der Waals surface area contributed by atoms with Crippen molar-refractivity contribution in [2.75, 3.05) is 33.4 Å². The normalized spacial score (nSPS) is 12.6. The van der Waals surface area contributed by atoms with Gasteiger partial charge in [-0.25, -0.2) is 4.79 Å². The van der Waals surface area contributed by atoms with Gasteiger partial charge < -0.3 is 24.8 Å². The largest absolute Gasteiger partial charge is 0.497 e. The van der Waals surface area contributed by atoms with Crippen molar-refractivity contribution >= 4 is 6.03 Å². The summed E-state index contributed by atoms with van der Waals surface area (Å²) in [5.74, 6) is 2.39. The van der Waals surface area contributed by atoms with Crippen LogP contribution >= 0.6 is 0 Å². The first-order valence-electron chi connectivity index (χ1n) is 9.78. The maximum atomic E-state index is 11.8. The Hall–Kier alpha value is -2.89. The van der Waals surface area contributed by atoms with Crippen LogP contribution in [0.25, 0.3) is 0 Å². The van der Waals surface area contributed by atoms with Crippen molar-refractivity contribution in [2.24, 2.45) is 0 Å². The third kappa shape index (κ3) is 6.08. The van der Waals surface area contributed by atoms with E-state index in [-0.39, 0.29) is 6.03 Å². The molecule has 0 bridgehead atoms. The molecule has 0 aliphatic heterocycles. The van der Waals surface area contributed by atoms with Gasteiger partial charge in [0.1, 0.15) is 30.5 Å². The van der Waals surface area contributed by atoms with Crippen LogP contribution in [-0.2, 0) is 12.8 Å². The number of methoxy groups -OCH3 is 1. The van der Waals surface area contributed by atoms with E-state index in [9.17, 15) is 4.79 Å². The van der Waals surface area contributed by atoms with E-state index in [1.165, 1.54) is 30.4 Å². The fourth-order valence-corrected chi connectivity index (χ4v) is 3.20. The summed E-state index contributed by atoms with van der Waals surface area (Å²) in [6.07, 6.45) is 4.82. The van der Waals surface area contributed by atoms with Crippen molar-refractivity contribution in [2.45, 2.75) is 25.7 Å². The average molecular weight is 384 g/mol. The number of carbonyl (C=O) groups is 1. The van der Waals surface area contributed by atoms with Crippen LogP contribution in [-0.4, -0.2) is 39.4 Å². The Kier molecular flexibility index (Phi) is 7.41. The summed E-state index contributed by atoms with van der Waals surface area (Å²) < 4.78 is 16.4. The maximum absolute atomic E-state index is 11.8. The zero-order valence-electron chi connectivity index (χ0n) is 16.3. The van der Waals surface area contributed by atoms with Crippen LogP contribution in [0, 0.1) is 0 Å². The van der Waals surface area contributed by atoms with Crippen molar-refractivity contribution < 1.29 is 19.0 Å². The number of urea groups is 1. The van der Waals surface area contributed by atoms with Crippen LogP contribution in [0.5, 0.6) is 17.2 Å². The smallest absolute Gasteiger partial charge is 0.315 e.